The molecular weight excluding hydrogens is 459 g/mol. The van der Waals surface area contributed by atoms with Crippen LogP contribution in [0.2, 0.25) is 0 Å². The van der Waals surface area contributed by atoms with E-state index in [1.165, 1.54) is 0 Å². The Morgan fingerprint density at radius 2 is 1.85 bits per heavy atom. The quantitative estimate of drug-likeness (QED) is 0.341. The van der Waals surface area contributed by atoms with Gasteiger partial charge in [0.05, 0.1) is 25.9 Å². The van der Waals surface area contributed by atoms with Crippen LogP contribution in [0.3, 0.4) is 0 Å². The van der Waals surface area contributed by atoms with Crippen molar-refractivity contribution in [1.29, 1.82) is 0 Å². The lowest BCUT2D eigenvalue weighted by molar-refractivity contribution is 0.00207. The number of aliphatic imine (C=N–C) groups is 1. The standard InChI is InChI=1S/C19H36N4O3.HI/c1-3-26-17-4-7-23(8-5-17)19(20-2)21-14-18(16-6-11-25-15-16)22-9-12-24-13-10-22;/h16-18H,3-15H2,1-2H3,(H,20,21);1H. The van der Waals surface area contributed by atoms with Gasteiger partial charge in [0.15, 0.2) is 5.96 Å². The molecule has 0 radical (unpaired) electrons. The Hall–Kier alpha value is -0.160. The second kappa shape index (κ2) is 12.4. The Bertz CT molecular complexity index is 435. The first-order chi connectivity index (χ1) is 12.8. The van der Waals surface area contributed by atoms with E-state index in [0.29, 0.717) is 18.1 Å². The van der Waals surface area contributed by atoms with Crippen molar-refractivity contribution in [3.63, 3.8) is 0 Å². The van der Waals surface area contributed by atoms with Crippen LogP contribution < -0.4 is 5.32 Å². The summed E-state index contributed by atoms with van der Waals surface area (Å²) >= 11 is 0. The molecule has 0 spiro atoms. The molecule has 0 aromatic rings. The summed E-state index contributed by atoms with van der Waals surface area (Å²) in [5, 5.41) is 3.66. The average Bonchev–Trinajstić information content (AvgIpc) is 3.22. The van der Waals surface area contributed by atoms with Crippen molar-refractivity contribution >= 4 is 29.9 Å². The van der Waals surface area contributed by atoms with Crippen LogP contribution in [-0.4, -0.2) is 101 Å². The maximum atomic E-state index is 5.77. The first kappa shape index (κ1) is 23.1. The Morgan fingerprint density at radius 1 is 1.11 bits per heavy atom. The molecule has 0 bridgehead atoms. The number of morpholine rings is 1. The van der Waals surface area contributed by atoms with E-state index in [1.807, 2.05) is 7.05 Å². The zero-order chi connectivity index (χ0) is 18.2. The van der Waals surface area contributed by atoms with Crippen LogP contribution in [0, 0.1) is 5.92 Å². The van der Waals surface area contributed by atoms with Gasteiger partial charge >= 0.3 is 0 Å². The maximum absolute atomic E-state index is 5.77. The van der Waals surface area contributed by atoms with Crippen molar-refractivity contribution < 1.29 is 14.2 Å². The first-order valence-electron chi connectivity index (χ1n) is 10.3. The number of ether oxygens (including phenoxy) is 3. The van der Waals surface area contributed by atoms with Crippen LogP contribution in [-0.2, 0) is 14.2 Å². The molecule has 158 valence electrons. The monoisotopic (exact) mass is 496 g/mol. The molecule has 2 atom stereocenters. The third-order valence-electron chi connectivity index (χ3n) is 5.85. The number of piperidine rings is 1. The molecule has 3 aliphatic heterocycles. The lowest BCUT2D eigenvalue weighted by atomic mass is 9.97. The molecule has 2 unspecified atom stereocenters. The average molecular weight is 496 g/mol. The van der Waals surface area contributed by atoms with E-state index in [9.17, 15) is 0 Å². The minimum Gasteiger partial charge on any atom is -0.381 e. The highest BCUT2D eigenvalue weighted by Gasteiger charge is 2.32. The minimum atomic E-state index is 0. The summed E-state index contributed by atoms with van der Waals surface area (Å²) in [6.07, 6.45) is 3.73. The van der Waals surface area contributed by atoms with Crippen molar-refractivity contribution in [3.8, 4) is 0 Å². The van der Waals surface area contributed by atoms with E-state index < -0.39 is 0 Å². The number of hydrogen-bond donors (Lipinski definition) is 1. The van der Waals surface area contributed by atoms with Crippen molar-refractivity contribution in [3.05, 3.63) is 0 Å². The molecule has 0 aromatic heterocycles. The molecule has 0 aromatic carbocycles. The highest BCUT2D eigenvalue weighted by Crippen LogP contribution is 2.22. The van der Waals surface area contributed by atoms with Gasteiger partial charge in [-0.2, -0.15) is 0 Å². The summed E-state index contributed by atoms with van der Waals surface area (Å²) in [7, 11) is 1.89. The smallest absolute Gasteiger partial charge is 0.193 e. The Labute approximate surface area is 181 Å². The molecule has 3 rings (SSSR count). The molecule has 3 fully saturated rings. The number of rotatable bonds is 6. The van der Waals surface area contributed by atoms with Crippen LogP contribution in [0.4, 0.5) is 0 Å². The number of hydrogen-bond acceptors (Lipinski definition) is 5. The Kier molecular flexibility index (Phi) is 10.6. The fraction of sp³-hybridized carbons (Fsp3) is 0.947. The molecular formula is C19H37IN4O3. The third-order valence-corrected chi connectivity index (χ3v) is 5.85. The number of nitrogens with zero attached hydrogens (tertiary/aromatic N) is 3. The van der Waals surface area contributed by atoms with Crippen molar-refractivity contribution in [1.82, 2.24) is 15.1 Å². The lowest BCUT2D eigenvalue weighted by Crippen LogP contribution is -2.55. The van der Waals surface area contributed by atoms with E-state index in [1.54, 1.807) is 0 Å². The second-order valence-corrected chi connectivity index (χ2v) is 7.41. The van der Waals surface area contributed by atoms with Gasteiger partial charge in [-0.15, -0.1) is 24.0 Å². The Morgan fingerprint density at radius 3 is 2.44 bits per heavy atom. The SMILES string of the molecule is CCOC1CCN(C(=NC)NCC(C2CCOC2)N2CCOCC2)CC1.I. The van der Waals surface area contributed by atoms with Gasteiger partial charge in [-0.25, -0.2) is 0 Å². The van der Waals surface area contributed by atoms with E-state index in [0.717, 1.165) is 91.0 Å². The zero-order valence-electron chi connectivity index (χ0n) is 16.9. The molecule has 3 heterocycles. The van der Waals surface area contributed by atoms with Crippen LogP contribution >= 0.6 is 24.0 Å². The summed E-state index contributed by atoms with van der Waals surface area (Å²) in [6.45, 7) is 11.3. The fourth-order valence-electron chi connectivity index (χ4n) is 4.36. The number of likely N-dealkylation sites (tertiary alicyclic amines) is 1. The summed E-state index contributed by atoms with van der Waals surface area (Å²) in [5.74, 6) is 1.62. The lowest BCUT2D eigenvalue weighted by Gasteiger charge is -2.39. The van der Waals surface area contributed by atoms with Gasteiger partial charge in [-0.05, 0) is 26.2 Å². The normalized spacial score (nSPS) is 26.7. The van der Waals surface area contributed by atoms with Gasteiger partial charge in [0.2, 0.25) is 0 Å². The van der Waals surface area contributed by atoms with Gasteiger partial charge < -0.3 is 24.4 Å². The van der Waals surface area contributed by atoms with Crippen LogP contribution in [0.5, 0.6) is 0 Å². The second-order valence-electron chi connectivity index (χ2n) is 7.41. The summed E-state index contributed by atoms with van der Waals surface area (Å²) in [5.41, 5.74) is 0. The molecule has 1 N–H and O–H groups in total. The molecule has 0 saturated carbocycles. The van der Waals surface area contributed by atoms with Crippen LogP contribution in [0.15, 0.2) is 4.99 Å². The maximum Gasteiger partial charge on any atom is 0.193 e. The van der Waals surface area contributed by atoms with E-state index >= 15 is 0 Å². The highest BCUT2D eigenvalue weighted by atomic mass is 127. The van der Waals surface area contributed by atoms with Crippen LogP contribution in [0.1, 0.15) is 26.2 Å². The molecule has 0 aliphatic carbocycles. The van der Waals surface area contributed by atoms with Gasteiger partial charge in [0.1, 0.15) is 0 Å². The number of halogens is 1. The molecule has 7 nitrogen and oxygen atoms in total. The molecule has 3 aliphatic rings. The van der Waals surface area contributed by atoms with Crippen molar-refractivity contribution in [2.75, 3.05) is 72.8 Å². The van der Waals surface area contributed by atoms with Gasteiger partial charge in [-0.1, -0.05) is 0 Å². The van der Waals surface area contributed by atoms with E-state index in [2.05, 4.69) is 27.0 Å². The summed E-state index contributed by atoms with van der Waals surface area (Å²) in [4.78, 5) is 9.49. The molecule has 0 amide bonds. The van der Waals surface area contributed by atoms with E-state index in [4.69, 9.17) is 14.2 Å². The predicted octanol–water partition coefficient (Wildman–Crippen LogP) is 1.42. The first-order valence-corrected chi connectivity index (χ1v) is 10.3. The van der Waals surface area contributed by atoms with Gasteiger partial charge in [-0.3, -0.25) is 9.89 Å². The minimum absolute atomic E-state index is 0. The van der Waals surface area contributed by atoms with Gasteiger partial charge in [0.25, 0.3) is 0 Å². The topological polar surface area (TPSA) is 58.6 Å². The molecule has 3 saturated heterocycles. The number of nitrogens with one attached hydrogen (secondary N) is 1. The largest absolute Gasteiger partial charge is 0.381 e. The summed E-state index contributed by atoms with van der Waals surface area (Å²) in [6, 6.07) is 0.485. The summed E-state index contributed by atoms with van der Waals surface area (Å²) < 4.78 is 17.0. The van der Waals surface area contributed by atoms with Gasteiger partial charge in [0, 0.05) is 64.9 Å². The predicted molar refractivity (Wildman–Crippen MR) is 118 cm³/mol. The third kappa shape index (κ3) is 6.69. The molecule has 8 heteroatoms. The zero-order valence-corrected chi connectivity index (χ0v) is 19.2. The van der Waals surface area contributed by atoms with E-state index in [-0.39, 0.29) is 24.0 Å². The molecule has 27 heavy (non-hydrogen) atoms. The van der Waals surface area contributed by atoms with Crippen molar-refractivity contribution in [2.24, 2.45) is 10.9 Å². The Balaban J connectivity index is 0.00000261. The number of guanidine groups is 1. The highest BCUT2D eigenvalue weighted by molar-refractivity contribution is 14.0. The van der Waals surface area contributed by atoms with Crippen molar-refractivity contribution in [2.45, 2.75) is 38.3 Å². The fourth-order valence-corrected chi connectivity index (χ4v) is 4.36. The van der Waals surface area contributed by atoms with Crippen LogP contribution in [0.25, 0.3) is 0 Å².